The van der Waals surface area contributed by atoms with E-state index in [-0.39, 0.29) is 59.7 Å². The van der Waals surface area contributed by atoms with E-state index >= 15 is 0 Å². The second-order valence-electron chi connectivity index (χ2n) is 19.0. The van der Waals surface area contributed by atoms with Gasteiger partial charge in [0, 0.05) is 25.2 Å². The van der Waals surface area contributed by atoms with Crippen molar-refractivity contribution in [2.75, 3.05) is 47.4 Å². The smallest absolute Gasteiger partial charge is 0.870 e. The van der Waals surface area contributed by atoms with Crippen LogP contribution >= 0.6 is 0 Å². The van der Waals surface area contributed by atoms with Crippen molar-refractivity contribution in [1.29, 1.82) is 0 Å². The molecule has 6 aromatic carbocycles. The van der Waals surface area contributed by atoms with Gasteiger partial charge in [0.05, 0.1) is 18.9 Å². The second kappa shape index (κ2) is 30.7. The number of esters is 1. The number of aliphatic carboxylic acids is 1. The summed E-state index contributed by atoms with van der Waals surface area (Å²) in [4.78, 5) is 61.1. The SMILES string of the molecule is CN(CCCc1ccccc1)[C@@H]1CCN(C(=O)C(c2ccccc2)c2ccccc2)[C@H](C(=O)O)C1.COC(=O)[C@@H]1C[C@H](N(C)CCCc2ccccc2)CCN1C(=O)C(c1ccccc1)c1ccccc1.O.[Li+].[OH-]. The van der Waals surface area contributed by atoms with E-state index in [9.17, 15) is 24.3 Å². The van der Waals surface area contributed by atoms with E-state index in [1.807, 2.05) is 133 Å². The minimum absolute atomic E-state index is 0. The normalized spacial score (nSPS) is 17.2. The fourth-order valence-electron chi connectivity index (χ4n) is 10.4. The molecule has 0 unspecified atom stereocenters. The van der Waals surface area contributed by atoms with Crippen LogP contribution in [-0.2, 0) is 36.8 Å². The number of hydrogen-bond donors (Lipinski definition) is 1. The van der Waals surface area contributed by atoms with Gasteiger partial charge in [-0.2, -0.15) is 0 Å². The maximum Gasteiger partial charge on any atom is 1.00 e. The van der Waals surface area contributed by atoms with Crippen LogP contribution in [0.4, 0.5) is 0 Å². The summed E-state index contributed by atoms with van der Waals surface area (Å²) in [5.74, 6) is -2.43. The molecule has 4 N–H and O–H groups in total. The van der Waals surface area contributed by atoms with Crippen molar-refractivity contribution >= 4 is 23.8 Å². The predicted molar refractivity (Wildman–Crippen MR) is 286 cm³/mol. The molecular weight excluding hydrogens is 924 g/mol. The van der Waals surface area contributed by atoms with Crippen LogP contribution < -0.4 is 18.9 Å². The minimum atomic E-state index is -0.930. The number of carboxylic acids is 1. The Kier molecular flexibility index (Phi) is 25.0. The average molecular weight is 997 g/mol. The molecule has 6 aromatic rings. The first-order valence-electron chi connectivity index (χ1n) is 25.2. The number of hydrogen-bond acceptors (Lipinski definition) is 8. The summed E-state index contributed by atoms with van der Waals surface area (Å²) >= 11 is 0. The van der Waals surface area contributed by atoms with Crippen LogP contribution in [0.1, 0.15) is 83.7 Å². The van der Waals surface area contributed by atoms with Gasteiger partial charge in [-0.05, 0) is 112 Å². The Hall–Kier alpha value is -6.36. The molecule has 4 atom stereocenters. The summed E-state index contributed by atoms with van der Waals surface area (Å²) in [6, 6.07) is 58.8. The number of methoxy groups -OCH3 is 1. The Bertz CT molecular complexity index is 2490. The van der Waals surface area contributed by atoms with Crippen molar-refractivity contribution in [1.82, 2.24) is 19.6 Å². The third-order valence-corrected chi connectivity index (χ3v) is 14.4. The summed E-state index contributed by atoms with van der Waals surface area (Å²) in [5, 5.41) is 10.1. The van der Waals surface area contributed by atoms with E-state index in [4.69, 9.17) is 4.74 Å². The summed E-state index contributed by atoms with van der Waals surface area (Å²) in [6.45, 7) is 2.82. The summed E-state index contributed by atoms with van der Waals surface area (Å²) in [7, 11) is 5.60. The van der Waals surface area contributed by atoms with Crippen LogP contribution in [-0.4, -0.2) is 131 Å². The number of ether oxygens (including phenoxy) is 1. The first-order valence-corrected chi connectivity index (χ1v) is 25.2. The van der Waals surface area contributed by atoms with Crippen molar-refractivity contribution in [2.45, 2.75) is 87.4 Å². The molecule has 2 fully saturated rings. The number of aryl methyl sites for hydroxylation is 2. The Morgan fingerprint density at radius 1 is 0.527 bits per heavy atom. The molecule has 2 heterocycles. The van der Waals surface area contributed by atoms with Crippen molar-refractivity contribution < 1.29 is 58.8 Å². The first kappa shape index (κ1) is 60.2. The average Bonchev–Trinajstić information content (AvgIpc) is 3.42. The number of likely N-dealkylation sites (tertiary alicyclic amines) is 2. The molecule has 0 saturated carbocycles. The molecule has 0 spiro atoms. The zero-order valence-corrected chi connectivity index (χ0v) is 43.5. The number of benzene rings is 6. The zero-order chi connectivity index (χ0) is 50.0. The molecule has 386 valence electrons. The summed E-state index contributed by atoms with van der Waals surface area (Å²) in [6.07, 6.45) is 6.72. The van der Waals surface area contributed by atoms with Gasteiger partial charge in [-0.25, -0.2) is 9.59 Å². The van der Waals surface area contributed by atoms with Crippen LogP contribution in [0.5, 0.6) is 0 Å². The van der Waals surface area contributed by atoms with E-state index in [0.717, 1.165) is 73.9 Å². The van der Waals surface area contributed by atoms with Gasteiger partial charge in [-0.3, -0.25) is 9.59 Å². The van der Waals surface area contributed by atoms with Gasteiger partial charge < -0.3 is 40.4 Å². The van der Waals surface area contributed by atoms with Crippen molar-refractivity contribution in [3.05, 3.63) is 215 Å². The van der Waals surface area contributed by atoms with Crippen molar-refractivity contribution in [3.63, 3.8) is 0 Å². The number of piperidine rings is 2. The van der Waals surface area contributed by atoms with E-state index < -0.39 is 29.9 Å². The van der Waals surface area contributed by atoms with Crippen LogP contribution in [0.25, 0.3) is 0 Å². The van der Waals surface area contributed by atoms with Crippen molar-refractivity contribution in [3.8, 4) is 0 Å². The molecule has 13 heteroatoms. The quantitative estimate of drug-likeness (QED) is 0.0833. The number of carbonyl (C=O) groups is 4. The number of nitrogens with zero attached hydrogens (tertiary/aromatic N) is 4. The number of amides is 2. The van der Waals surface area contributed by atoms with Gasteiger partial charge in [0.1, 0.15) is 12.1 Å². The summed E-state index contributed by atoms with van der Waals surface area (Å²) in [5.41, 5.74) is 6.28. The molecule has 0 bridgehead atoms. The zero-order valence-electron chi connectivity index (χ0n) is 43.5. The van der Waals surface area contributed by atoms with Crippen molar-refractivity contribution in [2.24, 2.45) is 0 Å². The maximum atomic E-state index is 14.0. The van der Waals surface area contributed by atoms with Crippen LogP contribution in [0.3, 0.4) is 0 Å². The Morgan fingerprint density at radius 3 is 1.14 bits per heavy atom. The molecule has 2 aliphatic heterocycles. The predicted octanol–water partition coefficient (Wildman–Crippen LogP) is 5.75. The third-order valence-electron chi connectivity index (χ3n) is 14.4. The van der Waals surface area contributed by atoms with E-state index in [0.29, 0.717) is 25.9 Å². The number of rotatable bonds is 18. The second-order valence-corrected chi connectivity index (χ2v) is 19.0. The molecule has 0 aliphatic carbocycles. The topological polar surface area (TPSA) is 172 Å². The minimum Gasteiger partial charge on any atom is -0.870 e. The van der Waals surface area contributed by atoms with Crippen LogP contribution in [0.15, 0.2) is 182 Å². The Balaban J connectivity index is 0.000000308. The molecule has 8 rings (SSSR count). The fraction of sp³-hybridized carbons (Fsp3) is 0.344. The fourth-order valence-corrected chi connectivity index (χ4v) is 10.4. The molecule has 2 amide bonds. The van der Waals surface area contributed by atoms with Gasteiger partial charge in [-0.1, -0.05) is 182 Å². The van der Waals surface area contributed by atoms with Gasteiger partial charge in [0.15, 0.2) is 0 Å². The molecular formula is C61H73LiN4O8. The van der Waals surface area contributed by atoms with E-state index in [2.05, 4.69) is 72.4 Å². The van der Waals surface area contributed by atoms with Gasteiger partial charge >= 0.3 is 30.8 Å². The first-order chi connectivity index (χ1) is 34.6. The Labute approximate surface area is 450 Å². The van der Waals surface area contributed by atoms with Crippen LogP contribution in [0.2, 0.25) is 0 Å². The molecule has 2 aliphatic rings. The molecule has 0 radical (unpaired) electrons. The standard InChI is InChI=1S/C31H36N2O3.C30H34N2O3.Li.2H2O/c1-32(21-12-15-24-13-6-3-7-14-24)27-20-22-33(28(23-27)31(35)36-2)30(34)29(25-16-8-4-9-17-25)26-18-10-5-11-19-26;1-31(20-11-14-23-12-5-2-6-13-23)26-19-21-32(27(22-26)30(34)35)29(33)28(24-15-7-3-8-16-24)25-17-9-4-10-18-25;;;/h3-11,13-14,16-19,27-29H,12,15,20-23H2,1-2H3;2-10,12-13,15-18,26-28H,11,14,19-22H2,1H3,(H,34,35);;2*1H2/q;;+1;;/p-1/t27-,28+;26-,27+;;;/m11.../s1. The molecule has 2 saturated heterocycles. The molecule has 0 aromatic heterocycles. The largest absolute Gasteiger partial charge is 1.00 e. The van der Waals surface area contributed by atoms with Gasteiger partial charge in [-0.15, -0.1) is 0 Å². The number of carboxylic acid groups (broad SMARTS) is 1. The maximum absolute atomic E-state index is 14.0. The monoisotopic (exact) mass is 997 g/mol. The summed E-state index contributed by atoms with van der Waals surface area (Å²) < 4.78 is 5.18. The van der Waals surface area contributed by atoms with Crippen LogP contribution in [0, 0.1) is 0 Å². The van der Waals surface area contributed by atoms with Gasteiger partial charge in [0.2, 0.25) is 11.8 Å². The third kappa shape index (κ3) is 16.3. The van der Waals surface area contributed by atoms with E-state index in [1.54, 1.807) is 9.80 Å². The molecule has 74 heavy (non-hydrogen) atoms. The number of carbonyl (C=O) groups excluding carboxylic acids is 3. The Morgan fingerprint density at radius 2 is 0.824 bits per heavy atom. The van der Waals surface area contributed by atoms with E-state index in [1.165, 1.54) is 18.2 Å². The molecule has 12 nitrogen and oxygen atoms in total. The van der Waals surface area contributed by atoms with Gasteiger partial charge in [0.25, 0.3) is 0 Å².